The molecule has 2 rings (SSSR count). The average Bonchev–Trinajstić information content (AvgIpc) is 2.58. The maximum Gasteiger partial charge on any atom is 0.0888 e. The molecule has 0 aliphatic carbocycles. The minimum absolute atomic E-state index is 0.556. The molecule has 2 heterocycles. The van der Waals surface area contributed by atoms with Crippen LogP contribution in [0.5, 0.6) is 0 Å². The molecule has 1 aromatic rings. The summed E-state index contributed by atoms with van der Waals surface area (Å²) in [5, 5.41) is 6.30. The summed E-state index contributed by atoms with van der Waals surface area (Å²) in [6.07, 6.45) is 0. The first-order chi connectivity index (χ1) is 5.77. The van der Waals surface area contributed by atoms with Crippen LogP contribution in [0.25, 0.3) is 0 Å². The monoisotopic (exact) mass is 199 g/mol. The molecule has 66 valence electrons. The Balaban J connectivity index is 2.16. The lowest BCUT2D eigenvalue weighted by Crippen LogP contribution is -2.21. The smallest absolute Gasteiger partial charge is 0.0888 e. The van der Waals surface area contributed by atoms with Gasteiger partial charge in [-0.05, 0) is 30.9 Å². The van der Waals surface area contributed by atoms with Crippen molar-refractivity contribution in [2.75, 3.05) is 5.75 Å². The van der Waals surface area contributed by atoms with Gasteiger partial charge >= 0.3 is 0 Å². The van der Waals surface area contributed by atoms with Crippen molar-refractivity contribution in [1.29, 1.82) is 0 Å². The molecular weight excluding hydrogens is 186 g/mol. The predicted molar refractivity (Wildman–Crippen MR) is 56.9 cm³/mol. The fourth-order valence-corrected chi connectivity index (χ4v) is 3.88. The SMILES string of the molecule is Cc1ccsc1C1NC(C)CS1. The van der Waals surface area contributed by atoms with E-state index in [1.54, 1.807) is 0 Å². The van der Waals surface area contributed by atoms with Gasteiger partial charge in [0.1, 0.15) is 0 Å². The third-order valence-electron chi connectivity index (χ3n) is 2.09. The molecule has 1 saturated heterocycles. The van der Waals surface area contributed by atoms with Crippen molar-refractivity contribution in [3.05, 3.63) is 21.9 Å². The number of thioether (sulfide) groups is 1. The Labute approximate surface area is 81.6 Å². The topological polar surface area (TPSA) is 12.0 Å². The van der Waals surface area contributed by atoms with Gasteiger partial charge < -0.3 is 0 Å². The van der Waals surface area contributed by atoms with E-state index in [1.807, 2.05) is 23.1 Å². The van der Waals surface area contributed by atoms with Crippen LogP contribution in [0.1, 0.15) is 22.7 Å². The summed E-state index contributed by atoms with van der Waals surface area (Å²) in [5.74, 6) is 1.24. The lowest BCUT2D eigenvalue weighted by molar-refractivity contribution is 0.622. The summed E-state index contributed by atoms with van der Waals surface area (Å²) >= 11 is 3.89. The molecule has 1 N–H and O–H groups in total. The molecule has 2 unspecified atom stereocenters. The van der Waals surface area contributed by atoms with E-state index in [1.165, 1.54) is 16.2 Å². The molecule has 0 spiro atoms. The number of aryl methyl sites for hydroxylation is 1. The number of nitrogens with one attached hydrogen (secondary N) is 1. The van der Waals surface area contributed by atoms with Crippen LogP contribution in [0.2, 0.25) is 0 Å². The normalized spacial score (nSPS) is 29.5. The largest absolute Gasteiger partial charge is 0.298 e. The Kier molecular flexibility index (Phi) is 2.44. The zero-order chi connectivity index (χ0) is 8.55. The van der Waals surface area contributed by atoms with Crippen LogP contribution < -0.4 is 5.32 Å². The average molecular weight is 199 g/mol. The van der Waals surface area contributed by atoms with Gasteiger partial charge in [0, 0.05) is 16.7 Å². The van der Waals surface area contributed by atoms with Gasteiger partial charge in [-0.1, -0.05) is 0 Å². The first-order valence-electron chi connectivity index (χ1n) is 4.19. The van der Waals surface area contributed by atoms with Crippen molar-refractivity contribution in [2.45, 2.75) is 25.3 Å². The first-order valence-corrected chi connectivity index (χ1v) is 6.12. The lowest BCUT2D eigenvalue weighted by Gasteiger charge is -2.09. The van der Waals surface area contributed by atoms with E-state index < -0.39 is 0 Å². The first kappa shape index (κ1) is 8.60. The zero-order valence-corrected chi connectivity index (χ0v) is 8.97. The fraction of sp³-hybridized carbons (Fsp3) is 0.556. The standard InChI is InChI=1S/C9H13NS2/c1-6-3-4-11-8(6)9-10-7(2)5-12-9/h3-4,7,9-10H,5H2,1-2H3. The van der Waals surface area contributed by atoms with Gasteiger partial charge in [0.15, 0.2) is 0 Å². The molecule has 12 heavy (non-hydrogen) atoms. The summed E-state index contributed by atoms with van der Waals surface area (Å²) in [6, 6.07) is 2.87. The van der Waals surface area contributed by atoms with Crippen molar-refractivity contribution >= 4 is 23.1 Å². The van der Waals surface area contributed by atoms with Gasteiger partial charge in [0.25, 0.3) is 0 Å². The second-order valence-corrected chi connectivity index (χ2v) is 5.33. The summed E-state index contributed by atoms with van der Waals surface area (Å²) in [7, 11) is 0. The molecule has 0 radical (unpaired) electrons. The molecule has 2 atom stereocenters. The van der Waals surface area contributed by atoms with Crippen molar-refractivity contribution in [2.24, 2.45) is 0 Å². The second kappa shape index (κ2) is 3.40. The van der Waals surface area contributed by atoms with Crippen LogP contribution in [0.15, 0.2) is 11.4 Å². The van der Waals surface area contributed by atoms with Crippen LogP contribution in [-0.2, 0) is 0 Å². The van der Waals surface area contributed by atoms with Gasteiger partial charge in [0.05, 0.1) is 5.37 Å². The van der Waals surface area contributed by atoms with Crippen LogP contribution in [0.3, 0.4) is 0 Å². The van der Waals surface area contributed by atoms with E-state index in [4.69, 9.17) is 0 Å². The Bertz CT molecular complexity index is 269. The molecule has 0 amide bonds. The van der Waals surface area contributed by atoms with Gasteiger partial charge in [-0.3, -0.25) is 5.32 Å². The van der Waals surface area contributed by atoms with E-state index in [2.05, 4.69) is 30.6 Å². The highest BCUT2D eigenvalue weighted by molar-refractivity contribution is 7.99. The second-order valence-electron chi connectivity index (χ2n) is 3.25. The number of hydrogen-bond donors (Lipinski definition) is 1. The van der Waals surface area contributed by atoms with E-state index >= 15 is 0 Å². The van der Waals surface area contributed by atoms with Gasteiger partial charge in [-0.25, -0.2) is 0 Å². The minimum atomic E-state index is 0.556. The van der Waals surface area contributed by atoms with Crippen molar-refractivity contribution in [3.63, 3.8) is 0 Å². The lowest BCUT2D eigenvalue weighted by atomic mass is 10.3. The molecule has 1 fully saturated rings. The molecule has 3 heteroatoms. The van der Waals surface area contributed by atoms with Crippen molar-refractivity contribution in [1.82, 2.24) is 5.32 Å². The molecule has 0 aromatic carbocycles. The zero-order valence-electron chi connectivity index (χ0n) is 7.33. The molecule has 1 aromatic heterocycles. The van der Waals surface area contributed by atoms with Crippen molar-refractivity contribution in [3.8, 4) is 0 Å². The summed E-state index contributed by atoms with van der Waals surface area (Å²) in [6.45, 7) is 4.44. The highest BCUT2D eigenvalue weighted by atomic mass is 32.2. The quantitative estimate of drug-likeness (QED) is 0.746. The number of thiophene rings is 1. The van der Waals surface area contributed by atoms with Crippen LogP contribution in [0, 0.1) is 6.92 Å². The third-order valence-corrected chi connectivity index (χ3v) is 4.72. The van der Waals surface area contributed by atoms with Crippen LogP contribution in [0.4, 0.5) is 0 Å². The van der Waals surface area contributed by atoms with E-state index in [9.17, 15) is 0 Å². The molecule has 1 aliphatic heterocycles. The predicted octanol–water partition coefficient (Wildman–Crippen LogP) is 2.78. The summed E-state index contributed by atoms with van der Waals surface area (Å²) in [4.78, 5) is 1.50. The maximum atomic E-state index is 3.57. The van der Waals surface area contributed by atoms with Gasteiger partial charge in [0.2, 0.25) is 0 Å². The molecule has 1 aliphatic rings. The Morgan fingerprint density at radius 2 is 2.42 bits per heavy atom. The van der Waals surface area contributed by atoms with E-state index in [-0.39, 0.29) is 0 Å². The fourth-order valence-electron chi connectivity index (χ4n) is 1.40. The third kappa shape index (κ3) is 1.53. The van der Waals surface area contributed by atoms with Crippen LogP contribution >= 0.6 is 23.1 Å². The Morgan fingerprint density at radius 1 is 1.58 bits per heavy atom. The highest BCUT2D eigenvalue weighted by Gasteiger charge is 2.23. The van der Waals surface area contributed by atoms with E-state index in [0.717, 1.165) is 0 Å². The Morgan fingerprint density at radius 3 is 2.92 bits per heavy atom. The maximum absolute atomic E-state index is 3.57. The molecular formula is C9H13NS2. The summed E-state index contributed by atoms with van der Waals surface area (Å²) < 4.78 is 0. The van der Waals surface area contributed by atoms with Gasteiger partial charge in [-0.15, -0.1) is 23.1 Å². The van der Waals surface area contributed by atoms with E-state index in [0.29, 0.717) is 11.4 Å². The minimum Gasteiger partial charge on any atom is -0.298 e. The van der Waals surface area contributed by atoms with Crippen molar-refractivity contribution < 1.29 is 0 Å². The molecule has 0 bridgehead atoms. The Hall–Kier alpha value is 0.01000. The number of hydrogen-bond acceptors (Lipinski definition) is 3. The highest BCUT2D eigenvalue weighted by Crippen LogP contribution is 2.36. The van der Waals surface area contributed by atoms with Gasteiger partial charge in [-0.2, -0.15) is 0 Å². The molecule has 0 saturated carbocycles. The van der Waals surface area contributed by atoms with Crippen LogP contribution in [-0.4, -0.2) is 11.8 Å². The number of rotatable bonds is 1. The molecule has 1 nitrogen and oxygen atoms in total. The summed E-state index contributed by atoms with van der Waals surface area (Å²) in [5.41, 5.74) is 1.43.